The lowest BCUT2D eigenvalue weighted by molar-refractivity contribution is -0.139. The molecule has 3 aromatic heterocycles. The van der Waals surface area contributed by atoms with E-state index in [0.717, 1.165) is 17.3 Å². The Balaban J connectivity index is 1.30. The number of aromatic nitrogens is 4. The summed E-state index contributed by atoms with van der Waals surface area (Å²) in [6.45, 7) is 0. The first-order valence-electron chi connectivity index (χ1n) is 12.1. The lowest BCUT2D eigenvalue weighted by Gasteiger charge is -2.14. The fraction of sp³-hybridized carbons (Fsp3) is 0.192. The number of anilines is 3. The lowest BCUT2D eigenvalue weighted by atomic mass is 10.0. The van der Waals surface area contributed by atoms with Crippen LogP contribution in [-0.4, -0.2) is 59.9 Å². The second-order valence-corrected chi connectivity index (χ2v) is 8.89. The molecule has 14 nitrogen and oxygen atoms in total. The number of rotatable bonds is 11. The number of carbonyl (C=O) groups excluding carboxylic acids is 2. The first-order valence-corrected chi connectivity index (χ1v) is 12.1. The highest BCUT2D eigenvalue weighted by molar-refractivity contribution is 5.97. The Morgan fingerprint density at radius 3 is 2.33 bits per heavy atom. The fourth-order valence-corrected chi connectivity index (χ4v) is 4.02. The zero-order valence-electron chi connectivity index (χ0n) is 21.0. The number of pyridine rings is 1. The van der Waals surface area contributed by atoms with Gasteiger partial charge in [0.2, 0.25) is 11.9 Å². The largest absolute Gasteiger partial charge is 0.480 e. The van der Waals surface area contributed by atoms with Crippen LogP contribution in [0.25, 0.3) is 11.0 Å². The third-order valence-corrected chi connectivity index (χ3v) is 6.10. The Kier molecular flexibility index (Phi) is 8.18. The Morgan fingerprint density at radius 1 is 0.950 bits per heavy atom. The number of aromatic carboxylic acids is 1. The molecule has 2 amide bonds. The van der Waals surface area contributed by atoms with Crippen molar-refractivity contribution < 1.29 is 29.4 Å². The van der Waals surface area contributed by atoms with Gasteiger partial charge in [-0.25, -0.2) is 14.6 Å². The van der Waals surface area contributed by atoms with Crippen LogP contribution in [0, 0.1) is 0 Å². The maximum atomic E-state index is 12.7. The molecule has 0 radical (unpaired) electrons. The summed E-state index contributed by atoms with van der Waals surface area (Å²) in [5.41, 5.74) is 14.3. The minimum atomic E-state index is -1.30. The van der Waals surface area contributed by atoms with Crippen LogP contribution in [0.2, 0.25) is 0 Å². The van der Waals surface area contributed by atoms with Crippen LogP contribution in [-0.2, 0) is 22.4 Å². The number of benzene rings is 1. The molecule has 4 aromatic rings. The molecule has 3 heterocycles. The summed E-state index contributed by atoms with van der Waals surface area (Å²) in [5, 5.41) is 24.0. The van der Waals surface area contributed by atoms with E-state index in [-0.39, 0.29) is 35.7 Å². The summed E-state index contributed by atoms with van der Waals surface area (Å²) in [4.78, 5) is 62.4. The number of carboxylic acid groups (broad SMARTS) is 2. The van der Waals surface area contributed by atoms with Crippen molar-refractivity contribution in [1.82, 2.24) is 25.3 Å². The zero-order valence-corrected chi connectivity index (χ0v) is 21.0. The van der Waals surface area contributed by atoms with Gasteiger partial charge in [0.15, 0.2) is 0 Å². The SMILES string of the molecule is Nc1nc(N)c2c(CCc3ccc(C(=O)N[C@@H](CCC(=O)Nc4ccc(C(=O)O)cn4)C(=O)O)cc3)c[nH]c2n1. The highest BCUT2D eigenvalue weighted by atomic mass is 16.4. The number of nitrogens with one attached hydrogen (secondary N) is 3. The minimum absolute atomic E-state index is 0.0414. The lowest BCUT2D eigenvalue weighted by Crippen LogP contribution is -2.41. The number of nitrogen functional groups attached to an aromatic ring is 2. The first-order chi connectivity index (χ1) is 19.1. The van der Waals surface area contributed by atoms with Crippen molar-refractivity contribution in [2.24, 2.45) is 0 Å². The van der Waals surface area contributed by atoms with Gasteiger partial charge in [-0.15, -0.1) is 0 Å². The van der Waals surface area contributed by atoms with Crippen LogP contribution in [0.15, 0.2) is 48.8 Å². The highest BCUT2D eigenvalue weighted by Crippen LogP contribution is 2.24. The number of nitrogens with zero attached hydrogens (tertiary/aromatic N) is 3. The topological polar surface area (TPSA) is 239 Å². The second-order valence-electron chi connectivity index (χ2n) is 8.89. The molecule has 1 aromatic carbocycles. The summed E-state index contributed by atoms with van der Waals surface area (Å²) < 4.78 is 0. The first kappa shape index (κ1) is 27.5. The summed E-state index contributed by atoms with van der Waals surface area (Å²) >= 11 is 0. The van der Waals surface area contributed by atoms with Gasteiger partial charge in [0.25, 0.3) is 5.91 Å². The van der Waals surface area contributed by atoms with E-state index in [0.29, 0.717) is 29.7 Å². The van der Waals surface area contributed by atoms with E-state index in [1.807, 2.05) is 0 Å². The average Bonchev–Trinajstić information content (AvgIpc) is 3.33. The molecule has 9 N–H and O–H groups in total. The predicted molar refractivity (Wildman–Crippen MR) is 145 cm³/mol. The molecule has 40 heavy (non-hydrogen) atoms. The van der Waals surface area contributed by atoms with Gasteiger partial charge in [0.05, 0.1) is 10.9 Å². The molecule has 14 heteroatoms. The average molecular weight is 547 g/mol. The normalized spacial score (nSPS) is 11.6. The van der Waals surface area contributed by atoms with Crippen molar-refractivity contribution in [3.63, 3.8) is 0 Å². The van der Waals surface area contributed by atoms with Crippen molar-refractivity contribution >= 4 is 52.4 Å². The summed E-state index contributed by atoms with van der Waals surface area (Å²) in [6.07, 6.45) is 3.78. The maximum absolute atomic E-state index is 12.7. The number of carboxylic acids is 2. The van der Waals surface area contributed by atoms with E-state index in [9.17, 15) is 24.3 Å². The third kappa shape index (κ3) is 6.66. The fourth-order valence-electron chi connectivity index (χ4n) is 4.02. The Morgan fingerprint density at radius 2 is 1.68 bits per heavy atom. The minimum Gasteiger partial charge on any atom is -0.480 e. The molecule has 4 rings (SSSR count). The smallest absolute Gasteiger partial charge is 0.337 e. The van der Waals surface area contributed by atoms with Gasteiger partial charge in [-0.1, -0.05) is 12.1 Å². The molecule has 0 bridgehead atoms. The number of nitrogens with two attached hydrogens (primary N) is 2. The number of hydrogen-bond acceptors (Lipinski definition) is 9. The Hall–Kier alpha value is -5.53. The number of aromatic amines is 1. The number of carbonyl (C=O) groups is 4. The molecule has 0 aliphatic heterocycles. The van der Waals surface area contributed by atoms with Crippen molar-refractivity contribution in [2.45, 2.75) is 31.7 Å². The number of fused-ring (bicyclic) bond motifs is 1. The maximum Gasteiger partial charge on any atom is 0.337 e. The summed E-state index contributed by atoms with van der Waals surface area (Å²) in [5.74, 6) is -3.07. The molecule has 0 fully saturated rings. The van der Waals surface area contributed by atoms with Gasteiger partial charge in [-0.05, 0) is 54.7 Å². The van der Waals surface area contributed by atoms with Crippen LogP contribution in [0.1, 0.15) is 44.7 Å². The van der Waals surface area contributed by atoms with Gasteiger partial charge in [0, 0.05) is 24.4 Å². The number of aryl methyl sites for hydroxylation is 2. The van der Waals surface area contributed by atoms with E-state index in [1.165, 1.54) is 12.1 Å². The zero-order chi connectivity index (χ0) is 28.8. The van der Waals surface area contributed by atoms with E-state index in [2.05, 4.69) is 30.6 Å². The van der Waals surface area contributed by atoms with Crippen molar-refractivity contribution in [3.8, 4) is 0 Å². The molecule has 206 valence electrons. The second kappa shape index (κ2) is 11.9. The van der Waals surface area contributed by atoms with Gasteiger partial charge in [0.1, 0.15) is 23.3 Å². The molecule has 0 saturated heterocycles. The molecular weight excluding hydrogens is 520 g/mol. The molecular formula is C26H26N8O6. The molecule has 0 spiro atoms. The van der Waals surface area contributed by atoms with Crippen LogP contribution in [0.3, 0.4) is 0 Å². The molecule has 0 saturated carbocycles. The Bertz CT molecular complexity index is 1570. The van der Waals surface area contributed by atoms with Crippen LogP contribution in [0.5, 0.6) is 0 Å². The van der Waals surface area contributed by atoms with Crippen molar-refractivity contribution in [3.05, 3.63) is 71.0 Å². The van der Waals surface area contributed by atoms with Crippen LogP contribution >= 0.6 is 0 Å². The van der Waals surface area contributed by atoms with Crippen LogP contribution in [0.4, 0.5) is 17.6 Å². The quantitative estimate of drug-likeness (QED) is 0.142. The molecule has 0 aliphatic rings. The van der Waals surface area contributed by atoms with E-state index in [4.69, 9.17) is 16.6 Å². The standard InChI is InChI=1S/C26H26N8O6/c27-21-20-15(11-30-22(20)34-26(28)33-21)6-3-13-1-4-14(5-2-13)23(36)31-17(25(39)40)8-10-19(35)32-18-9-7-16(12-29-18)24(37)38/h1-2,4-5,7,9,11-12,17H,3,6,8,10H2,(H,31,36)(H,37,38)(H,39,40)(H,29,32,35)(H5,27,28,30,33,34)/t17-/m0/s1. The van der Waals surface area contributed by atoms with Crippen molar-refractivity contribution in [1.29, 1.82) is 0 Å². The molecule has 1 atom stereocenters. The predicted octanol–water partition coefficient (Wildman–Crippen LogP) is 1.60. The summed E-state index contributed by atoms with van der Waals surface area (Å²) in [7, 11) is 0. The Labute approximate surface area is 226 Å². The number of H-pyrrole nitrogens is 1. The van der Waals surface area contributed by atoms with Gasteiger partial charge < -0.3 is 37.3 Å². The van der Waals surface area contributed by atoms with Crippen molar-refractivity contribution in [2.75, 3.05) is 16.8 Å². The van der Waals surface area contributed by atoms with E-state index in [1.54, 1.807) is 30.5 Å². The molecule has 0 aliphatic carbocycles. The van der Waals surface area contributed by atoms with Gasteiger partial charge in [-0.2, -0.15) is 9.97 Å². The number of aliphatic carboxylic acids is 1. The van der Waals surface area contributed by atoms with Gasteiger partial charge >= 0.3 is 11.9 Å². The number of hydrogen-bond donors (Lipinski definition) is 7. The van der Waals surface area contributed by atoms with E-state index >= 15 is 0 Å². The monoisotopic (exact) mass is 546 g/mol. The number of amides is 2. The van der Waals surface area contributed by atoms with Gasteiger partial charge in [-0.3, -0.25) is 9.59 Å². The molecule has 0 unspecified atom stereocenters. The third-order valence-electron chi connectivity index (χ3n) is 6.10. The van der Waals surface area contributed by atoms with E-state index < -0.39 is 29.8 Å². The summed E-state index contributed by atoms with van der Waals surface area (Å²) in [6, 6.07) is 8.03. The highest BCUT2D eigenvalue weighted by Gasteiger charge is 2.22. The van der Waals surface area contributed by atoms with Crippen LogP contribution < -0.4 is 22.1 Å².